The van der Waals surface area contributed by atoms with Gasteiger partial charge in [-0.2, -0.15) is 0 Å². The lowest BCUT2D eigenvalue weighted by Crippen LogP contribution is -2.19. The Morgan fingerprint density at radius 3 is 2.63 bits per heavy atom. The number of nitrogens with zero attached hydrogens (tertiary/aromatic N) is 1. The monoisotopic (exact) mass is 264 g/mol. The Morgan fingerprint density at radius 1 is 1.42 bits per heavy atom. The first-order chi connectivity index (χ1) is 8.95. The zero-order valence-electron chi connectivity index (χ0n) is 10.7. The molecule has 0 aliphatic carbocycles. The lowest BCUT2D eigenvalue weighted by atomic mass is 10.1. The molecule has 0 spiro atoms. The van der Waals surface area contributed by atoms with Crippen molar-refractivity contribution in [2.24, 2.45) is 16.8 Å². The lowest BCUT2D eigenvalue weighted by Gasteiger charge is -2.09. The van der Waals surface area contributed by atoms with Gasteiger partial charge in [0.15, 0.2) is 0 Å². The summed E-state index contributed by atoms with van der Waals surface area (Å²) in [6.07, 6.45) is 1.16. The van der Waals surface area contributed by atoms with Gasteiger partial charge in [-0.15, -0.1) is 0 Å². The standard InChI is InChI=1S/C12H16N4O3/c1-7(2)11(17)16-8-3-4-9(12(18)19)10(5-8)14-6-15-13/h3-7H,13H2,1-2H3,(H,14,15)(H,16,17)(H,18,19). The number of carbonyl (C=O) groups is 2. The minimum atomic E-state index is -1.11. The van der Waals surface area contributed by atoms with Gasteiger partial charge in [0.1, 0.15) is 6.34 Å². The second-order valence-corrected chi connectivity index (χ2v) is 4.11. The topological polar surface area (TPSA) is 117 Å². The molecule has 0 unspecified atom stereocenters. The third kappa shape index (κ3) is 4.07. The number of anilines is 1. The van der Waals surface area contributed by atoms with E-state index in [9.17, 15) is 9.59 Å². The van der Waals surface area contributed by atoms with Crippen molar-refractivity contribution in [3.63, 3.8) is 0 Å². The van der Waals surface area contributed by atoms with Crippen molar-refractivity contribution in [2.75, 3.05) is 5.32 Å². The summed E-state index contributed by atoms with van der Waals surface area (Å²) in [4.78, 5) is 26.4. The average Bonchev–Trinajstić information content (AvgIpc) is 2.35. The van der Waals surface area contributed by atoms with E-state index in [-0.39, 0.29) is 23.1 Å². The SMILES string of the molecule is CC(C)C(=O)Nc1ccc(C(=O)O)c(N=CNN)c1. The molecule has 1 aromatic carbocycles. The van der Waals surface area contributed by atoms with E-state index in [2.05, 4.69) is 15.7 Å². The van der Waals surface area contributed by atoms with Crippen LogP contribution in [0.25, 0.3) is 0 Å². The van der Waals surface area contributed by atoms with Crippen LogP contribution in [0.15, 0.2) is 23.2 Å². The summed E-state index contributed by atoms with van der Waals surface area (Å²) in [6, 6.07) is 4.36. The Hall–Kier alpha value is -2.41. The Labute approximate surface area is 110 Å². The molecule has 19 heavy (non-hydrogen) atoms. The Balaban J connectivity index is 3.07. The van der Waals surface area contributed by atoms with E-state index in [0.717, 1.165) is 6.34 Å². The fourth-order valence-corrected chi connectivity index (χ4v) is 1.29. The molecular weight excluding hydrogens is 248 g/mol. The van der Waals surface area contributed by atoms with Crippen LogP contribution >= 0.6 is 0 Å². The first kappa shape index (κ1) is 14.7. The Kier molecular flexibility index (Phi) is 5.01. The highest BCUT2D eigenvalue weighted by atomic mass is 16.4. The fraction of sp³-hybridized carbons (Fsp3) is 0.250. The van der Waals surface area contributed by atoms with Gasteiger partial charge in [0.05, 0.1) is 11.3 Å². The third-order valence-corrected chi connectivity index (χ3v) is 2.30. The molecule has 7 heteroatoms. The van der Waals surface area contributed by atoms with Crippen LogP contribution in [0.4, 0.5) is 11.4 Å². The van der Waals surface area contributed by atoms with Gasteiger partial charge in [0.2, 0.25) is 5.91 Å². The molecule has 0 aromatic heterocycles. The molecule has 0 aliphatic heterocycles. The minimum absolute atomic E-state index is 0.0223. The smallest absolute Gasteiger partial charge is 0.337 e. The fourth-order valence-electron chi connectivity index (χ4n) is 1.29. The van der Waals surface area contributed by atoms with E-state index in [1.54, 1.807) is 13.8 Å². The van der Waals surface area contributed by atoms with Crippen molar-refractivity contribution in [3.8, 4) is 0 Å². The highest BCUT2D eigenvalue weighted by molar-refractivity contribution is 5.97. The summed E-state index contributed by atoms with van der Waals surface area (Å²) in [5.74, 6) is 3.61. The van der Waals surface area contributed by atoms with Crippen molar-refractivity contribution in [2.45, 2.75) is 13.8 Å². The zero-order valence-corrected chi connectivity index (χ0v) is 10.7. The van der Waals surface area contributed by atoms with Gasteiger partial charge in [0, 0.05) is 11.6 Å². The summed E-state index contributed by atoms with van der Waals surface area (Å²) in [5.41, 5.74) is 2.89. The molecule has 0 radical (unpaired) electrons. The van der Waals surface area contributed by atoms with Crippen LogP contribution in [0.3, 0.4) is 0 Å². The van der Waals surface area contributed by atoms with Crippen LogP contribution in [-0.4, -0.2) is 23.3 Å². The number of nitrogens with one attached hydrogen (secondary N) is 2. The molecule has 1 rings (SSSR count). The van der Waals surface area contributed by atoms with Crippen molar-refractivity contribution < 1.29 is 14.7 Å². The maximum absolute atomic E-state index is 11.6. The second-order valence-electron chi connectivity index (χ2n) is 4.11. The number of hydrogen-bond donors (Lipinski definition) is 4. The van der Waals surface area contributed by atoms with E-state index in [4.69, 9.17) is 10.9 Å². The predicted octanol–water partition coefficient (Wildman–Crippen LogP) is 1.10. The number of carboxylic acids is 1. The molecule has 0 bridgehead atoms. The molecule has 0 saturated heterocycles. The van der Waals surface area contributed by atoms with Gasteiger partial charge in [-0.3, -0.25) is 4.79 Å². The van der Waals surface area contributed by atoms with E-state index < -0.39 is 5.97 Å². The van der Waals surface area contributed by atoms with Crippen LogP contribution in [0.5, 0.6) is 0 Å². The van der Waals surface area contributed by atoms with Gasteiger partial charge < -0.3 is 15.8 Å². The van der Waals surface area contributed by atoms with Gasteiger partial charge >= 0.3 is 5.97 Å². The number of aromatic carboxylic acids is 1. The second kappa shape index (κ2) is 6.50. The summed E-state index contributed by atoms with van der Waals surface area (Å²) >= 11 is 0. The molecule has 0 heterocycles. The summed E-state index contributed by atoms with van der Waals surface area (Å²) < 4.78 is 0. The van der Waals surface area contributed by atoms with Crippen LogP contribution < -0.4 is 16.6 Å². The normalized spacial score (nSPS) is 10.7. The average molecular weight is 264 g/mol. The van der Waals surface area contributed by atoms with Crippen LogP contribution in [-0.2, 0) is 4.79 Å². The third-order valence-electron chi connectivity index (χ3n) is 2.30. The molecule has 0 fully saturated rings. The number of carboxylic acid groups (broad SMARTS) is 1. The number of nitrogens with two attached hydrogens (primary N) is 1. The minimum Gasteiger partial charge on any atom is -0.478 e. The largest absolute Gasteiger partial charge is 0.478 e. The lowest BCUT2D eigenvalue weighted by molar-refractivity contribution is -0.118. The number of amides is 1. The number of hydrogen-bond acceptors (Lipinski definition) is 4. The number of benzene rings is 1. The molecule has 0 atom stereocenters. The molecule has 5 N–H and O–H groups in total. The molecule has 1 aromatic rings. The highest BCUT2D eigenvalue weighted by Gasteiger charge is 2.12. The van der Waals surface area contributed by atoms with Crippen molar-refractivity contribution in [1.29, 1.82) is 0 Å². The number of carbonyl (C=O) groups excluding carboxylic acids is 1. The predicted molar refractivity (Wildman–Crippen MR) is 72.3 cm³/mol. The van der Waals surface area contributed by atoms with Crippen molar-refractivity contribution in [1.82, 2.24) is 5.43 Å². The molecule has 7 nitrogen and oxygen atoms in total. The van der Waals surface area contributed by atoms with Gasteiger partial charge in [0.25, 0.3) is 0 Å². The Morgan fingerprint density at radius 2 is 2.11 bits per heavy atom. The molecular formula is C12H16N4O3. The van der Waals surface area contributed by atoms with Gasteiger partial charge in [-0.1, -0.05) is 13.8 Å². The van der Waals surface area contributed by atoms with Crippen LogP contribution in [0, 0.1) is 5.92 Å². The maximum atomic E-state index is 11.6. The zero-order chi connectivity index (χ0) is 14.4. The van der Waals surface area contributed by atoms with E-state index in [1.165, 1.54) is 18.2 Å². The molecule has 0 aliphatic rings. The number of aliphatic imine (C=N–C) groups is 1. The van der Waals surface area contributed by atoms with Gasteiger partial charge in [-0.25, -0.2) is 15.6 Å². The first-order valence-electron chi connectivity index (χ1n) is 5.62. The van der Waals surface area contributed by atoms with Crippen molar-refractivity contribution >= 4 is 29.6 Å². The first-order valence-corrected chi connectivity index (χ1v) is 5.62. The summed E-state index contributed by atoms with van der Waals surface area (Å²) in [5, 5.41) is 11.7. The number of rotatable bonds is 5. The van der Waals surface area contributed by atoms with E-state index >= 15 is 0 Å². The summed E-state index contributed by atoms with van der Waals surface area (Å²) in [6.45, 7) is 3.52. The molecule has 1 amide bonds. The van der Waals surface area contributed by atoms with Crippen molar-refractivity contribution in [3.05, 3.63) is 23.8 Å². The van der Waals surface area contributed by atoms with E-state index in [0.29, 0.717) is 5.69 Å². The molecule has 0 saturated carbocycles. The Bertz CT molecular complexity index is 512. The highest BCUT2D eigenvalue weighted by Crippen LogP contribution is 2.24. The number of hydrazine groups is 1. The van der Waals surface area contributed by atoms with Crippen LogP contribution in [0.1, 0.15) is 24.2 Å². The summed E-state index contributed by atoms with van der Waals surface area (Å²) in [7, 11) is 0. The van der Waals surface area contributed by atoms with E-state index in [1.807, 2.05) is 0 Å². The van der Waals surface area contributed by atoms with Crippen LogP contribution in [0.2, 0.25) is 0 Å². The quantitative estimate of drug-likeness (QED) is 0.275. The van der Waals surface area contributed by atoms with Gasteiger partial charge in [-0.05, 0) is 18.2 Å². The molecule has 102 valence electrons. The maximum Gasteiger partial charge on any atom is 0.337 e.